The maximum absolute atomic E-state index is 3.42. The zero-order valence-corrected chi connectivity index (χ0v) is 8.42. The molecule has 3 heteroatoms. The Morgan fingerprint density at radius 2 is 2.30 bits per heavy atom. The molecule has 0 aliphatic heterocycles. The van der Waals surface area contributed by atoms with Gasteiger partial charge < -0.3 is 5.32 Å². The van der Waals surface area contributed by atoms with Crippen LogP contribution in [0.3, 0.4) is 0 Å². The summed E-state index contributed by atoms with van der Waals surface area (Å²) >= 11 is 5.19. The number of nitrogens with one attached hydrogen (secondary N) is 1. The molecular formula is C7H10BrNS. The van der Waals surface area contributed by atoms with Gasteiger partial charge in [-0.15, -0.1) is 11.3 Å². The molecule has 0 aromatic carbocycles. The quantitative estimate of drug-likeness (QED) is 0.808. The third-order valence-corrected chi connectivity index (χ3v) is 3.26. The predicted octanol–water partition coefficient (Wildman–Crippen LogP) is 2.79. The minimum Gasteiger partial charge on any atom is -0.313 e. The van der Waals surface area contributed by atoms with Crippen molar-refractivity contribution >= 4 is 27.3 Å². The SMILES string of the molecule is CNC(C)c1ccc(Br)s1. The van der Waals surface area contributed by atoms with E-state index in [1.54, 1.807) is 11.3 Å². The Morgan fingerprint density at radius 3 is 2.70 bits per heavy atom. The van der Waals surface area contributed by atoms with Crippen molar-refractivity contribution < 1.29 is 0 Å². The molecular weight excluding hydrogens is 210 g/mol. The second-order valence-electron chi connectivity index (χ2n) is 2.15. The Balaban J connectivity index is 2.74. The van der Waals surface area contributed by atoms with Gasteiger partial charge >= 0.3 is 0 Å². The van der Waals surface area contributed by atoms with E-state index < -0.39 is 0 Å². The summed E-state index contributed by atoms with van der Waals surface area (Å²) in [6, 6.07) is 4.68. The zero-order chi connectivity index (χ0) is 7.56. The molecule has 0 aliphatic rings. The topological polar surface area (TPSA) is 12.0 Å². The van der Waals surface area contributed by atoms with E-state index in [4.69, 9.17) is 0 Å². The van der Waals surface area contributed by atoms with Crippen LogP contribution in [0.25, 0.3) is 0 Å². The van der Waals surface area contributed by atoms with Gasteiger partial charge in [-0.1, -0.05) is 0 Å². The highest BCUT2D eigenvalue weighted by molar-refractivity contribution is 9.11. The van der Waals surface area contributed by atoms with E-state index in [0.717, 1.165) is 0 Å². The van der Waals surface area contributed by atoms with Gasteiger partial charge in [0.1, 0.15) is 0 Å². The summed E-state index contributed by atoms with van der Waals surface area (Å²) in [5, 5.41) is 3.18. The second-order valence-corrected chi connectivity index (χ2v) is 4.65. The molecule has 1 aromatic rings. The number of thiophene rings is 1. The fourth-order valence-electron chi connectivity index (χ4n) is 0.703. The van der Waals surface area contributed by atoms with Crippen LogP contribution in [-0.2, 0) is 0 Å². The largest absolute Gasteiger partial charge is 0.313 e. The highest BCUT2D eigenvalue weighted by Crippen LogP contribution is 2.26. The van der Waals surface area contributed by atoms with Gasteiger partial charge in [-0.05, 0) is 42.0 Å². The van der Waals surface area contributed by atoms with Gasteiger partial charge in [-0.3, -0.25) is 0 Å². The normalized spacial score (nSPS) is 13.5. The molecule has 1 atom stereocenters. The maximum atomic E-state index is 3.42. The van der Waals surface area contributed by atoms with Gasteiger partial charge in [0, 0.05) is 10.9 Å². The molecule has 56 valence electrons. The molecule has 1 heterocycles. The van der Waals surface area contributed by atoms with Crippen molar-refractivity contribution in [1.82, 2.24) is 5.32 Å². The molecule has 0 bridgehead atoms. The first-order valence-electron chi connectivity index (χ1n) is 3.16. The lowest BCUT2D eigenvalue weighted by atomic mass is 10.3. The monoisotopic (exact) mass is 219 g/mol. The lowest BCUT2D eigenvalue weighted by Gasteiger charge is -2.05. The smallest absolute Gasteiger partial charge is 0.0701 e. The molecule has 1 rings (SSSR count). The molecule has 0 amide bonds. The van der Waals surface area contributed by atoms with Crippen molar-refractivity contribution in [1.29, 1.82) is 0 Å². The number of halogens is 1. The average molecular weight is 220 g/mol. The van der Waals surface area contributed by atoms with Gasteiger partial charge in [-0.25, -0.2) is 0 Å². The Kier molecular flexibility index (Phi) is 2.89. The van der Waals surface area contributed by atoms with Gasteiger partial charge in [0.15, 0.2) is 0 Å². The van der Waals surface area contributed by atoms with Crippen LogP contribution >= 0.6 is 27.3 Å². The molecule has 1 N–H and O–H groups in total. The van der Waals surface area contributed by atoms with Crippen molar-refractivity contribution in [2.75, 3.05) is 7.05 Å². The van der Waals surface area contributed by atoms with Crippen LogP contribution in [-0.4, -0.2) is 7.05 Å². The van der Waals surface area contributed by atoms with Gasteiger partial charge in [0.2, 0.25) is 0 Å². The minimum absolute atomic E-state index is 0.469. The predicted molar refractivity (Wildman–Crippen MR) is 49.5 cm³/mol. The maximum Gasteiger partial charge on any atom is 0.0701 e. The summed E-state index contributed by atoms with van der Waals surface area (Å²) < 4.78 is 1.20. The lowest BCUT2D eigenvalue weighted by Crippen LogP contribution is -2.10. The Labute approximate surface area is 73.6 Å². The van der Waals surface area contributed by atoms with E-state index in [1.807, 2.05) is 7.05 Å². The van der Waals surface area contributed by atoms with E-state index in [9.17, 15) is 0 Å². The van der Waals surface area contributed by atoms with E-state index in [2.05, 4.69) is 40.3 Å². The first kappa shape index (κ1) is 8.24. The highest BCUT2D eigenvalue weighted by atomic mass is 79.9. The van der Waals surface area contributed by atoms with Gasteiger partial charge in [-0.2, -0.15) is 0 Å². The summed E-state index contributed by atoms with van der Waals surface area (Å²) in [5.74, 6) is 0. The molecule has 0 radical (unpaired) electrons. The van der Waals surface area contributed by atoms with Gasteiger partial charge in [0.05, 0.1) is 3.79 Å². The Bertz CT molecular complexity index is 209. The second kappa shape index (κ2) is 3.51. The van der Waals surface area contributed by atoms with Crippen molar-refractivity contribution in [2.24, 2.45) is 0 Å². The third-order valence-electron chi connectivity index (χ3n) is 1.45. The number of hydrogen-bond donors (Lipinski definition) is 1. The van der Waals surface area contributed by atoms with E-state index in [-0.39, 0.29) is 0 Å². The third kappa shape index (κ3) is 1.81. The van der Waals surface area contributed by atoms with Gasteiger partial charge in [0.25, 0.3) is 0 Å². The molecule has 1 unspecified atom stereocenters. The van der Waals surface area contributed by atoms with Crippen LogP contribution in [0.4, 0.5) is 0 Å². The molecule has 0 fully saturated rings. The fourth-order valence-corrected chi connectivity index (χ4v) is 2.19. The van der Waals surface area contributed by atoms with Crippen molar-refractivity contribution in [3.63, 3.8) is 0 Å². The summed E-state index contributed by atoms with van der Waals surface area (Å²) in [5.41, 5.74) is 0. The first-order valence-corrected chi connectivity index (χ1v) is 4.77. The molecule has 1 aromatic heterocycles. The van der Waals surface area contributed by atoms with Crippen LogP contribution in [0.2, 0.25) is 0 Å². The van der Waals surface area contributed by atoms with Crippen LogP contribution in [0.5, 0.6) is 0 Å². The van der Waals surface area contributed by atoms with Crippen LogP contribution in [0.15, 0.2) is 15.9 Å². The molecule has 0 saturated carbocycles. The zero-order valence-electron chi connectivity index (χ0n) is 6.02. The van der Waals surface area contributed by atoms with Crippen LogP contribution < -0.4 is 5.32 Å². The van der Waals surface area contributed by atoms with Crippen molar-refractivity contribution in [3.8, 4) is 0 Å². The van der Waals surface area contributed by atoms with E-state index in [1.165, 1.54) is 8.66 Å². The standard InChI is InChI=1S/C7H10BrNS/c1-5(9-2)6-3-4-7(8)10-6/h3-5,9H,1-2H3. The molecule has 1 nitrogen and oxygen atoms in total. The fraction of sp³-hybridized carbons (Fsp3) is 0.429. The van der Waals surface area contributed by atoms with Crippen LogP contribution in [0, 0.1) is 0 Å². The summed E-state index contributed by atoms with van der Waals surface area (Å²) in [6.45, 7) is 2.15. The molecule has 0 saturated heterocycles. The average Bonchev–Trinajstić information content (AvgIpc) is 2.34. The van der Waals surface area contributed by atoms with E-state index in [0.29, 0.717) is 6.04 Å². The van der Waals surface area contributed by atoms with E-state index >= 15 is 0 Å². The summed E-state index contributed by atoms with van der Waals surface area (Å²) in [7, 11) is 1.97. The first-order chi connectivity index (χ1) is 4.74. The molecule has 0 aliphatic carbocycles. The Morgan fingerprint density at radius 1 is 1.60 bits per heavy atom. The van der Waals surface area contributed by atoms with Crippen LogP contribution in [0.1, 0.15) is 17.8 Å². The summed E-state index contributed by atoms with van der Waals surface area (Å²) in [6.07, 6.45) is 0. The molecule has 0 spiro atoms. The Hall–Kier alpha value is 0.140. The van der Waals surface area contributed by atoms with Crippen molar-refractivity contribution in [2.45, 2.75) is 13.0 Å². The number of hydrogen-bond acceptors (Lipinski definition) is 2. The minimum atomic E-state index is 0.469. The van der Waals surface area contributed by atoms with Crippen molar-refractivity contribution in [3.05, 3.63) is 20.8 Å². The lowest BCUT2D eigenvalue weighted by molar-refractivity contribution is 0.664. The highest BCUT2D eigenvalue weighted by Gasteiger charge is 2.03. The summed E-state index contributed by atoms with van der Waals surface area (Å²) in [4.78, 5) is 1.37. The number of rotatable bonds is 2. The molecule has 10 heavy (non-hydrogen) atoms.